The molecule has 0 amide bonds. The Morgan fingerprint density at radius 3 is 2.83 bits per heavy atom. The maximum atomic E-state index is 11.1. The smallest absolute Gasteiger partial charge is 0.339 e. The molecule has 0 bridgehead atoms. The summed E-state index contributed by atoms with van der Waals surface area (Å²) in [5.74, 6) is 0.859. The van der Waals surface area contributed by atoms with Crippen LogP contribution in [-0.4, -0.2) is 34.7 Å². The van der Waals surface area contributed by atoms with Gasteiger partial charge >= 0.3 is 5.97 Å². The maximum absolute atomic E-state index is 11.1. The number of ether oxygens (including phenoxy) is 1. The number of phenols is 1. The molecule has 1 saturated heterocycles. The third-order valence-corrected chi connectivity index (χ3v) is 5.38. The van der Waals surface area contributed by atoms with Gasteiger partial charge in [-0.3, -0.25) is 4.90 Å². The molecule has 2 heterocycles. The molecule has 1 aliphatic rings. The van der Waals surface area contributed by atoms with Gasteiger partial charge in [-0.1, -0.05) is 18.2 Å². The molecule has 29 heavy (non-hydrogen) atoms. The van der Waals surface area contributed by atoms with Crippen LogP contribution in [0.2, 0.25) is 0 Å². The standard InChI is InChI=1S/C23H23NO5/c1-28-17-5-2-4-15(12-17)20-6-3-11-24(20)14-18-8-10-22(29-18)16-7-9-19(23(26)27)21(25)13-16/h2,4-5,7-10,12-13,20,25H,3,6,11,14H2,1H3,(H,26,27). The van der Waals surface area contributed by atoms with Crippen LogP contribution in [0.25, 0.3) is 11.3 Å². The zero-order valence-corrected chi connectivity index (χ0v) is 16.2. The highest BCUT2D eigenvalue weighted by atomic mass is 16.5. The summed E-state index contributed by atoms with van der Waals surface area (Å²) in [5, 5.41) is 19.0. The van der Waals surface area contributed by atoms with Crippen molar-refractivity contribution in [3.05, 3.63) is 71.5 Å². The minimum atomic E-state index is -1.16. The zero-order chi connectivity index (χ0) is 20.4. The Balaban J connectivity index is 1.51. The second-order valence-electron chi connectivity index (χ2n) is 7.21. The summed E-state index contributed by atoms with van der Waals surface area (Å²) in [5.41, 5.74) is 1.76. The molecule has 150 valence electrons. The van der Waals surface area contributed by atoms with Gasteiger partial charge in [0.05, 0.1) is 13.7 Å². The molecule has 3 aromatic rings. The molecule has 1 unspecified atom stereocenters. The highest BCUT2D eigenvalue weighted by Crippen LogP contribution is 2.35. The van der Waals surface area contributed by atoms with Crippen molar-refractivity contribution in [2.75, 3.05) is 13.7 Å². The normalized spacial score (nSPS) is 16.8. The number of aromatic hydroxyl groups is 1. The van der Waals surface area contributed by atoms with Crippen LogP contribution in [0, 0.1) is 0 Å². The van der Waals surface area contributed by atoms with Crippen LogP contribution < -0.4 is 4.74 Å². The number of benzene rings is 2. The van der Waals surface area contributed by atoms with E-state index in [2.05, 4.69) is 17.0 Å². The second kappa shape index (κ2) is 8.01. The number of rotatable bonds is 6. The largest absolute Gasteiger partial charge is 0.507 e. The Kier molecular flexibility index (Phi) is 5.27. The van der Waals surface area contributed by atoms with E-state index >= 15 is 0 Å². The summed E-state index contributed by atoms with van der Waals surface area (Å²) >= 11 is 0. The molecule has 0 aliphatic carbocycles. The molecule has 0 saturated carbocycles. The van der Waals surface area contributed by atoms with Crippen LogP contribution >= 0.6 is 0 Å². The third-order valence-electron chi connectivity index (χ3n) is 5.38. The van der Waals surface area contributed by atoms with Crippen molar-refractivity contribution in [2.24, 2.45) is 0 Å². The van der Waals surface area contributed by atoms with Gasteiger partial charge < -0.3 is 19.4 Å². The Bertz CT molecular complexity index is 1030. The van der Waals surface area contributed by atoms with Crippen molar-refractivity contribution in [1.29, 1.82) is 0 Å². The van der Waals surface area contributed by atoms with Gasteiger partial charge in [-0.05, 0) is 61.3 Å². The van der Waals surface area contributed by atoms with Gasteiger partial charge in [0, 0.05) is 11.6 Å². The van der Waals surface area contributed by atoms with E-state index in [0.29, 0.717) is 23.9 Å². The van der Waals surface area contributed by atoms with E-state index < -0.39 is 5.97 Å². The summed E-state index contributed by atoms with van der Waals surface area (Å²) in [6.45, 7) is 1.67. The van der Waals surface area contributed by atoms with E-state index in [4.69, 9.17) is 14.3 Å². The van der Waals surface area contributed by atoms with Gasteiger partial charge in [0.15, 0.2) is 0 Å². The lowest BCUT2D eigenvalue weighted by Gasteiger charge is -2.24. The van der Waals surface area contributed by atoms with Gasteiger partial charge in [-0.15, -0.1) is 0 Å². The molecule has 0 spiro atoms. The van der Waals surface area contributed by atoms with Crippen molar-refractivity contribution in [1.82, 2.24) is 4.90 Å². The number of hydrogen-bond donors (Lipinski definition) is 2. The van der Waals surface area contributed by atoms with E-state index in [1.165, 1.54) is 17.7 Å². The minimum Gasteiger partial charge on any atom is -0.507 e. The number of hydrogen-bond acceptors (Lipinski definition) is 5. The average Bonchev–Trinajstić information content (AvgIpc) is 3.37. The lowest BCUT2D eigenvalue weighted by molar-refractivity contribution is 0.0693. The summed E-state index contributed by atoms with van der Waals surface area (Å²) in [6.07, 6.45) is 2.21. The Labute approximate surface area is 169 Å². The van der Waals surface area contributed by atoms with Crippen molar-refractivity contribution in [3.8, 4) is 22.8 Å². The zero-order valence-electron chi connectivity index (χ0n) is 16.2. The Morgan fingerprint density at radius 2 is 2.07 bits per heavy atom. The van der Waals surface area contributed by atoms with E-state index in [-0.39, 0.29) is 11.3 Å². The number of furan rings is 1. The quantitative estimate of drug-likeness (QED) is 0.632. The average molecular weight is 393 g/mol. The predicted molar refractivity (Wildman–Crippen MR) is 108 cm³/mol. The van der Waals surface area contributed by atoms with E-state index in [0.717, 1.165) is 30.9 Å². The first-order valence-electron chi connectivity index (χ1n) is 9.58. The molecular formula is C23H23NO5. The van der Waals surface area contributed by atoms with Gasteiger partial charge in [0.1, 0.15) is 28.6 Å². The highest BCUT2D eigenvalue weighted by Gasteiger charge is 2.27. The molecule has 6 nitrogen and oxygen atoms in total. The Morgan fingerprint density at radius 1 is 1.21 bits per heavy atom. The first kappa shape index (κ1) is 19.1. The van der Waals surface area contributed by atoms with Crippen LogP contribution in [0.3, 0.4) is 0 Å². The fourth-order valence-electron chi connectivity index (χ4n) is 3.93. The predicted octanol–water partition coefficient (Wildman–Crippen LogP) is 4.70. The summed E-state index contributed by atoms with van der Waals surface area (Å²) < 4.78 is 11.4. The molecular weight excluding hydrogens is 370 g/mol. The number of aromatic carboxylic acids is 1. The monoisotopic (exact) mass is 393 g/mol. The molecule has 4 rings (SSSR count). The first-order chi connectivity index (χ1) is 14.0. The number of likely N-dealkylation sites (tertiary alicyclic amines) is 1. The lowest BCUT2D eigenvalue weighted by Crippen LogP contribution is -2.22. The second-order valence-corrected chi connectivity index (χ2v) is 7.21. The van der Waals surface area contributed by atoms with Gasteiger partial charge in [0.25, 0.3) is 0 Å². The van der Waals surface area contributed by atoms with E-state index in [1.54, 1.807) is 13.2 Å². The van der Waals surface area contributed by atoms with Crippen molar-refractivity contribution in [2.45, 2.75) is 25.4 Å². The fraction of sp³-hybridized carbons (Fsp3) is 0.261. The first-order valence-corrected chi connectivity index (χ1v) is 9.58. The maximum Gasteiger partial charge on any atom is 0.339 e. The van der Waals surface area contributed by atoms with E-state index in [9.17, 15) is 9.90 Å². The number of methoxy groups -OCH3 is 1. The molecule has 2 aromatic carbocycles. The van der Waals surface area contributed by atoms with Crippen molar-refractivity contribution in [3.63, 3.8) is 0 Å². The summed E-state index contributed by atoms with van der Waals surface area (Å²) in [7, 11) is 1.68. The van der Waals surface area contributed by atoms with Crippen molar-refractivity contribution >= 4 is 5.97 Å². The summed E-state index contributed by atoms with van der Waals surface area (Å²) in [6, 6.07) is 16.7. The van der Waals surface area contributed by atoms with E-state index in [1.807, 2.05) is 24.3 Å². The molecule has 0 radical (unpaired) electrons. The minimum absolute atomic E-state index is 0.126. The SMILES string of the molecule is COc1cccc(C2CCCN2Cc2ccc(-c3ccc(C(=O)O)c(O)c3)o2)c1. The molecule has 1 aliphatic heterocycles. The van der Waals surface area contributed by atoms with Crippen LogP contribution in [0.4, 0.5) is 0 Å². The highest BCUT2D eigenvalue weighted by molar-refractivity contribution is 5.91. The summed E-state index contributed by atoms with van der Waals surface area (Å²) in [4.78, 5) is 13.4. The van der Waals surface area contributed by atoms with Gasteiger partial charge in [0.2, 0.25) is 0 Å². The number of carboxylic acid groups (broad SMARTS) is 1. The number of carboxylic acids is 1. The third kappa shape index (κ3) is 3.98. The lowest BCUT2D eigenvalue weighted by atomic mass is 10.0. The van der Waals surface area contributed by atoms with Gasteiger partial charge in [-0.2, -0.15) is 0 Å². The Hall–Kier alpha value is -3.25. The molecule has 1 fully saturated rings. The van der Waals surface area contributed by atoms with Crippen LogP contribution in [0.15, 0.2) is 59.0 Å². The fourth-order valence-corrected chi connectivity index (χ4v) is 3.93. The van der Waals surface area contributed by atoms with Crippen LogP contribution in [0.5, 0.6) is 11.5 Å². The molecule has 1 aromatic heterocycles. The van der Waals surface area contributed by atoms with Gasteiger partial charge in [-0.25, -0.2) is 4.79 Å². The topological polar surface area (TPSA) is 83.1 Å². The van der Waals surface area contributed by atoms with Crippen molar-refractivity contribution < 1.29 is 24.2 Å². The molecule has 1 atom stereocenters. The van der Waals surface area contributed by atoms with Crippen LogP contribution in [-0.2, 0) is 6.54 Å². The molecule has 2 N–H and O–H groups in total. The number of carbonyl (C=O) groups is 1. The number of nitrogens with zero attached hydrogens (tertiary/aromatic N) is 1. The molecule has 6 heteroatoms. The van der Waals surface area contributed by atoms with Crippen LogP contribution in [0.1, 0.15) is 40.6 Å².